The molecule has 164 valence electrons. The van der Waals surface area contributed by atoms with Gasteiger partial charge in [0.25, 0.3) is 15.6 Å². The van der Waals surface area contributed by atoms with Gasteiger partial charge >= 0.3 is 0 Å². The van der Waals surface area contributed by atoms with Crippen LogP contribution in [0.3, 0.4) is 0 Å². The van der Waals surface area contributed by atoms with Crippen LogP contribution in [-0.4, -0.2) is 38.9 Å². The van der Waals surface area contributed by atoms with Crippen molar-refractivity contribution in [1.82, 2.24) is 19.5 Å². The molecule has 11 heteroatoms. The summed E-state index contributed by atoms with van der Waals surface area (Å²) in [5, 5.41) is 14.2. The summed E-state index contributed by atoms with van der Waals surface area (Å²) in [6.45, 7) is 4.43. The number of nitrogens with zero attached hydrogens (tertiary/aromatic N) is 4. The molecule has 0 unspecified atom stereocenters. The van der Waals surface area contributed by atoms with Crippen molar-refractivity contribution in [3.05, 3.63) is 52.7 Å². The second kappa shape index (κ2) is 7.16. The van der Waals surface area contributed by atoms with Crippen LogP contribution in [0.2, 0.25) is 0 Å². The van der Waals surface area contributed by atoms with Crippen molar-refractivity contribution in [2.75, 3.05) is 5.32 Å². The molecule has 0 radical (unpaired) electrons. The predicted octanol–water partition coefficient (Wildman–Crippen LogP) is 2.59. The van der Waals surface area contributed by atoms with E-state index in [1.54, 1.807) is 30.5 Å². The number of H-pyrrole nitrogens is 1. The SMILES string of the molecule is CC(C)CCn1c(=O)c(C2=NS(=O)(=O)c3c(ccc4[nH]cnc34)N2)c(O)c2cccnc21. The number of anilines is 1. The summed E-state index contributed by atoms with van der Waals surface area (Å²) in [5.41, 5.74) is 0.568. The van der Waals surface area contributed by atoms with Crippen LogP contribution in [0.25, 0.3) is 22.1 Å². The van der Waals surface area contributed by atoms with Crippen molar-refractivity contribution in [2.24, 2.45) is 10.3 Å². The lowest BCUT2D eigenvalue weighted by Crippen LogP contribution is -2.33. The Morgan fingerprint density at radius 2 is 2.00 bits per heavy atom. The molecule has 0 saturated carbocycles. The van der Waals surface area contributed by atoms with Gasteiger partial charge in [-0.25, -0.2) is 9.97 Å². The Morgan fingerprint density at radius 3 is 2.78 bits per heavy atom. The number of benzene rings is 1. The van der Waals surface area contributed by atoms with E-state index in [1.165, 1.54) is 10.9 Å². The number of pyridine rings is 2. The lowest BCUT2D eigenvalue weighted by Gasteiger charge is -2.20. The monoisotopic (exact) mass is 452 g/mol. The normalized spacial score (nSPS) is 15.0. The number of hydrogen-bond acceptors (Lipinski definition) is 7. The number of aromatic amines is 1. The number of nitrogens with one attached hydrogen (secondary N) is 2. The molecule has 1 aliphatic rings. The highest BCUT2D eigenvalue weighted by Gasteiger charge is 2.32. The van der Waals surface area contributed by atoms with Crippen LogP contribution >= 0.6 is 0 Å². The maximum Gasteiger partial charge on any atom is 0.288 e. The zero-order valence-electron chi connectivity index (χ0n) is 17.3. The molecule has 0 atom stereocenters. The third-order valence-electron chi connectivity index (χ3n) is 5.43. The van der Waals surface area contributed by atoms with E-state index < -0.39 is 15.6 Å². The van der Waals surface area contributed by atoms with E-state index in [0.717, 1.165) is 0 Å². The molecule has 1 aromatic carbocycles. The van der Waals surface area contributed by atoms with Crippen molar-refractivity contribution in [3.8, 4) is 5.75 Å². The van der Waals surface area contributed by atoms with Gasteiger partial charge < -0.3 is 15.4 Å². The van der Waals surface area contributed by atoms with Crippen LogP contribution in [0.4, 0.5) is 5.69 Å². The number of sulfonamides is 1. The predicted molar refractivity (Wildman–Crippen MR) is 121 cm³/mol. The van der Waals surface area contributed by atoms with Gasteiger partial charge in [-0.05, 0) is 36.6 Å². The van der Waals surface area contributed by atoms with Crippen molar-refractivity contribution >= 4 is 43.6 Å². The molecular weight excluding hydrogens is 432 g/mol. The zero-order chi connectivity index (χ0) is 22.6. The Labute approximate surface area is 182 Å². The number of hydrogen-bond donors (Lipinski definition) is 3. The van der Waals surface area contributed by atoms with E-state index in [0.29, 0.717) is 35.4 Å². The minimum Gasteiger partial charge on any atom is -0.506 e. The lowest BCUT2D eigenvalue weighted by atomic mass is 10.1. The molecule has 5 rings (SSSR count). The molecule has 0 aliphatic carbocycles. The molecule has 10 nitrogen and oxygen atoms in total. The van der Waals surface area contributed by atoms with Gasteiger partial charge in [-0.2, -0.15) is 8.42 Å². The van der Waals surface area contributed by atoms with Gasteiger partial charge in [-0.3, -0.25) is 9.36 Å². The van der Waals surface area contributed by atoms with E-state index >= 15 is 0 Å². The molecular formula is C21H20N6O4S. The average molecular weight is 452 g/mol. The zero-order valence-corrected chi connectivity index (χ0v) is 18.1. The van der Waals surface area contributed by atoms with Crippen LogP contribution in [0.15, 0.2) is 50.9 Å². The third kappa shape index (κ3) is 3.04. The van der Waals surface area contributed by atoms with Gasteiger partial charge in [0.15, 0.2) is 5.84 Å². The second-order valence-electron chi connectivity index (χ2n) is 8.02. The number of fused-ring (bicyclic) bond motifs is 4. The number of aryl methyl sites for hydroxylation is 1. The number of imidazole rings is 1. The van der Waals surface area contributed by atoms with E-state index in [9.17, 15) is 18.3 Å². The number of aromatic nitrogens is 4. The largest absolute Gasteiger partial charge is 0.506 e. The summed E-state index contributed by atoms with van der Waals surface area (Å²) in [6.07, 6.45) is 3.64. The van der Waals surface area contributed by atoms with Crippen molar-refractivity contribution < 1.29 is 13.5 Å². The third-order valence-corrected chi connectivity index (χ3v) is 6.78. The summed E-state index contributed by atoms with van der Waals surface area (Å²) in [4.78, 5) is 24.6. The Hall–Kier alpha value is -3.73. The summed E-state index contributed by atoms with van der Waals surface area (Å²) >= 11 is 0. The first-order chi connectivity index (χ1) is 15.3. The first kappa shape index (κ1) is 20.2. The molecule has 0 bridgehead atoms. The van der Waals surface area contributed by atoms with Gasteiger partial charge in [0, 0.05) is 12.7 Å². The van der Waals surface area contributed by atoms with Crippen LogP contribution in [0, 0.1) is 5.92 Å². The van der Waals surface area contributed by atoms with Crippen LogP contribution in [0.5, 0.6) is 5.75 Å². The summed E-state index contributed by atoms with van der Waals surface area (Å²) in [6, 6.07) is 6.52. The maximum atomic E-state index is 13.4. The maximum absolute atomic E-state index is 13.4. The fraction of sp³-hybridized carbons (Fsp3) is 0.238. The van der Waals surface area contributed by atoms with Crippen LogP contribution in [0.1, 0.15) is 25.8 Å². The molecule has 3 aromatic heterocycles. The lowest BCUT2D eigenvalue weighted by molar-refractivity contribution is 0.473. The second-order valence-corrected chi connectivity index (χ2v) is 9.56. The first-order valence-corrected chi connectivity index (χ1v) is 11.5. The minimum absolute atomic E-state index is 0.0814. The Kier molecular flexibility index (Phi) is 4.52. The van der Waals surface area contributed by atoms with Crippen molar-refractivity contribution in [2.45, 2.75) is 31.7 Å². The molecule has 0 fully saturated rings. The Bertz CT molecular complexity index is 1580. The van der Waals surface area contributed by atoms with E-state index in [1.807, 2.05) is 13.8 Å². The van der Waals surface area contributed by atoms with Gasteiger partial charge in [-0.15, -0.1) is 4.40 Å². The van der Waals surface area contributed by atoms with Gasteiger partial charge in [0.2, 0.25) is 0 Å². The topological polar surface area (TPSA) is 142 Å². The number of amidine groups is 1. The molecule has 4 heterocycles. The number of aromatic hydroxyl groups is 1. The van der Waals surface area contributed by atoms with E-state index in [-0.39, 0.29) is 33.2 Å². The first-order valence-electron chi connectivity index (χ1n) is 10.1. The smallest absolute Gasteiger partial charge is 0.288 e. The minimum atomic E-state index is -4.19. The molecule has 1 aliphatic heterocycles. The Morgan fingerprint density at radius 1 is 1.19 bits per heavy atom. The van der Waals surface area contributed by atoms with Crippen LogP contribution < -0.4 is 10.9 Å². The fourth-order valence-corrected chi connectivity index (χ4v) is 5.11. The average Bonchev–Trinajstić information content (AvgIpc) is 3.21. The molecule has 4 aromatic rings. The van der Waals surface area contributed by atoms with E-state index in [4.69, 9.17) is 0 Å². The molecule has 0 amide bonds. The highest BCUT2D eigenvalue weighted by molar-refractivity contribution is 7.90. The highest BCUT2D eigenvalue weighted by atomic mass is 32.2. The summed E-state index contributed by atoms with van der Waals surface area (Å²) in [5.74, 6) is -0.282. The van der Waals surface area contributed by atoms with Gasteiger partial charge in [0.1, 0.15) is 27.4 Å². The molecule has 0 spiro atoms. The van der Waals surface area contributed by atoms with Crippen molar-refractivity contribution in [1.29, 1.82) is 0 Å². The highest BCUT2D eigenvalue weighted by Crippen LogP contribution is 2.35. The summed E-state index contributed by atoms with van der Waals surface area (Å²) < 4.78 is 31.4. The van der Waals surface area contributed by atoms with Crippen LogP contribution in [-0.2, 0) is 16.6 Å². The van der Waals surface area contributed by atoms with Crippen molar-refractivity contribution in [3.63, 3.8) is 0 Å². The number of rotatable bonds is 4. The molecule has 32 heavy (non-hydrogen) atoms. The van der Waals surface area contributed by atoms with Gasteiger partial charge in [0.05, 0.1) is 22.9 Å². The van der Waals surface area contributed by atoms with Gasteiger partial charge in [-0.1, -0.05) is 13.8 Å². The summed E-state index contributed by atoms with van der Waals surface area (Å²) in [7, 11) is -4.19. The standard InChI is InChI=1S/C21H20N6O4S/c1-11(2)7-9-27-20-12(4-3-8-22-20)17(28)15(21(27)29)19-25-14-6-5-13-16(24-10-23-13)18(14)32(30,31)26-19/h3-6,8,10-11,28H,7,9H2,1-2H3,(H,23,24)(H,25,26). The fourth-order valence-electron chi connectivity index (χ4n) is 3.84. The molecule has 0 saturated heterocycles. The molecule has 3 N–H and O–H groups in total. The quantitative estimate of drug-likeness (QED) is 0.432. The Balaban J connectivity index is 1.76. The van der Waals surface area contributed by atoms with E-state index in [2.05, 4.69) is 24.7 Å².